The summed E-state index contributed by atoms with van der Waals surface area (Å²) in [6, 6.07) is 18.4. The van der Waals surface area contributed by atoms with Crippen molar-refractivity contribution in [3.63, 3.8) is 0 Å². The zero-order chi connectivity index (χ0) is 11.4. The SMILES string of the molecule is CCc1cc[c]c(-c2cccc(CC)c2)c1. The zero-order valence-corrected chi connectivity index (χ0v) is 9.96. The Balaban J connectivity index is 2.41. The van der Waals surface area contributed by atoms with Crippen LogP contribution in [0.3, 0.4) is 0 Å². The van der Waals surface area contributed by atoms with Crippen LogP contribution in [0.2, 0.25) is 0 Å². The second kappa shape index (κ2) is 4.98. The third-order valence-electron chi connectivity index (χ3n) is 2.92. The van der Waals surface area contributed by atoms with Crippen molar-refractivity contribution in [3.8, 4) is 11.1 Å². The van der Waals surface area contributed by atoms with E-state index < -0.39 is 0 Å². The van der Waals surface area contributed by atoms with E-state index in [1.165, 1.54) is 22.3 Å². The number of benzene rings is 2. The predicted octanol–water partition coefficient (Wildman–Crippen LogP) is 4.28. The lowest BCUT2D eigenvalue weighted by Gasteiger charge is -2.05. The van der Waals surface area contributed by atoms with Gasteiger partial charge in [0.15, 0.2) is 0 Å². The highest BCUT2D eigenvalue weighted by Gasteiger charge is 1.99. The zero-order valence-electron chi connectivity index (χ0n) is 9.96. The Morgan fingerprint density at radius 2 is 1.69 bits per heavy atom. The molecular formula is C16H17. The molecule has 16 heavy (non-hydrogen) atoms. The molecule has 2 rings (SSSR count). The maximum absolute atomic E-state index is 3.31. The van der Waals surface area contributed by atoms with Gasteiger partial charge < -0.3 is 0 Å². The summed E-state index contributed by atoms with van der Waals surface area (Å²) in [5.41, 5.74) is 5.23. The molecule has 0 saturated carbocycles. The molecule has 0 aromatic heterocycles. The van der Waals surface area contributed by atoms with Crippen LogP contribution in [-0.4, -0.2) is 0 Å². The van der Waals surface area contributed by atoms with Gasteiger partial charge >= 0.3 is 0 Å². The van der Waals surface area contributed by atoms with E-state index in [1.54, 1.807) is 0 Å². The van der Waals surface area contributed by atoms with E-state index in [1.807, 2.05) is 6.07 Å². The number of hydrogen-bond donors (Lipinski definition) is 0. The minimum atomic E-state index is 1.08. The molecule has 0 unspecified atom stereocenters. The van der Waals surface area contributed by atoms with Gasteiger partial charge in [-0.15, -0.1) is 0 Å². The molecule has 81 valence electrons. The van der Waals surface area contributed by atoms with Crippen molar-refractivity contribution in [2.75, 3.05) is 0 Å². The first kappa shape index (κ1) is 10.9. The molecule has 0 atom stereocenters. The van der Waals surface area contributed by atoms with Crippen LogP contribution in [0.15, 0.2) is 42.5 Å². The van der Waals surface area contributed by atoms with Gasteiger partial charge in [0.1, 0.15) is 0 Å². The highest BCUT2D eigenvalue weighted by molar-refractivity contribution is 5.64. The van der Waals surface area contributed by atoms with Gasteiger partial charge in [-0.25, -0.2) is 0 Å². The summed E-state index contributed by atoms with van der Waals surface area (Å²) < 4.78 is 0. The van der Waals surface area contributed by atoms with Crippen LogP contribution in [0.5, 0.6) is 0 Å². The van der Waals surface area contributed by atoms with Crippen LogP contribution in [0.25, 0.3) is 11.1 Å². The molecule has 0 bridgehead atoms. The van der Waals surface area contributed by atoms with E-state index >= 15 is 0 Å². The molecule has 0 spiro atoms. The van der Waals surface area contributed by atoms with Crippen LogP contribution in [0.4, 0.5) is 0 Å². The molecule has 0 aliphatic rings. The second-order valence-electron chi connectivity index (χ2n) is 4.02. The number of aryl methyl sites for hydroxylation is 2. The highest BCUT2D eigenvalue weighted by atomic mass is 14.0. The first-order valence-electron chi connectivity index (χ1n) is 5.93. The summed E-state index contributed by atoms with van der Waals surface area (Å²) in [5.74, 6) is 0. The second-order valence-corrected chi connectivity index (χ2v) is 4.02. The maximum Gasteiger partial charge on any atom is -0.00990 e. The average Bonchev–Trinajstić information content (AvgIpc) is 2.39. The maximum atomic E-state index is 3.31. The topological polar surface area (TPSA) is 0 Å². The lowest BCUT2D eigenvalue weighted by molar-refractivity contribution is 1.13. The molecular weight excluding hydrogens is 192 g/mol. The van der Waals surface area contributed by atoms with Gasteiger partial charge in [-0.1, -0.05) is 56.3 Å². The Hall–Kier alpha value is -1.56. The van der Waals surface area contributed by atoms with E-state index in [0.717, 1.165) is 12.8 Å². The van der Waals surface area contributed by atoms with Crippen molar-refractivity contribution in [2.45, 2.75) is 26.7 Å². The van der Waals surface area contributed by atoms with E-state index in [2.05, 4.69) is 56.3 Å². The molecule has 0 aliphatic heterocycles. The summed E-state index contributed by atoms with van der Waals surface area (Å²) in [6.45, 7) is 4.37. The standard InChI is InChI=1S/C16H17/c1-3-13-7-5-9-15(11-13)16-10-6-8-14(4-2)12-16/h5-9,11-12H,3-4H2,1-2H3. The van der Waals surface area contributed by atoms with Crippen molar-refractivity contribution >= 4 is 0 Å². The van der Waals surface area contributed by atoms with Crippen LogP contribution in [0, 0.1) is 6.07 Å². The molecule has 0 aliphatic carbocycles. The van der Waals surface area contributed by atoms with Gasteiger partial charge in [0.25, 0.3) is 0 Å². The summed E-state index contributed by atoms with van der Waals surface area (Å²) in [4.78, 5) is 0. The Morgan fingerprint density at radius 1 is 0.938 bits per heavy atom. The Morgan fingerprint density at radius 3 is 2.44 bits per heavy atom. The largest absolute Gasteiger partial charge is 0.0614 e. The van der Waals surface area contributed by atoms with E-state index in [9.17, 15) is 0 Å². The molecule has 0 N–H and O–H groups in total. The molecule has 0 saturated heterocycles. The molecule has 0 heteroatoms. The molecule has 2 aromatic carbocycles. The van der Waals surface area contributed by atoms with Crippen LogP contribution in [0.1, 0.15) is 25.0 Å². The van der Waals surface area contributed by atoms with Crippen molar-refractivity contribution in [1.29, 1.82) is 0 Å². The number of hydrogen-bond acceptors (Lipinski definition) is 0. The molecule has 1 radical (unpaired) electrons. The first-order valence-corrected chi connectivity index (χ1v) is 5.93. The van der Waals surface area contributed by atoms with Crippen LogP contribution >= 0.6 is 0 Å². The minimum absolute atomic E-state index is 1.08. The molecule has 0 heterocycles. The van der Waals surface area contributed by atoms with Crippen molar-refractivity contribution < 1.29 is 0 Å². The van der Waals surface area contributed by atoms with Gasteiger partial charge in [0, 0.05) is 0 Å². The Kier molecular flexibility index (Phi) is 3.40. The van der Waals surface area contributed by atoms with E-state index in [-0.39, 0.29) is 0 Å². The molecule has 0 nitrogen and oxygen atoms in total. The molecule has 0 amide bonds. The smallest absolute Gasteiger partial charge is 0.00990 e. The van der Waals surface area contributed by atoms with Crippen molar-refractivity contribution in [1.82, 2.24) is 0 Å². The monoisotopic (exact) mass is 209 g/mol. The summed E-state index contributed by atoms with van der Waals surface area (Å²) in [7, 11) is 0. The van der Waals surface area contributed by atoms with E-state index in [4.69, 9.17) is 0 Å². The lowest BCUT2D eigenvalue weighted by Crippen LogP contribution is -1.85. The van der Waals surface area contributed by atoms with Crippen LogP contribution < -0.4 is 0 Å². The number of rotatable bonds is 3. The molecule has 2 aromatic rings. The Bertz CT molecular complexity index is 423. The lowest BCUT2D eigenvalue weighted by atomic mass is 10.00. The third kappa shape index (κ3) is 2.33. The predicted molar refractivity (Wildman–Crippen MR) is 69.5 cm³/mol. The first-order chi connectivity index (χ1) is 7.83. The fraction of sp³-hybridized carbons (Fsp3) is 0.250. The van der Waals surface area contributed by atoms with Crippen molar-refractivity contribution in [3.05, 3.63) is 59.7 Å². The average molecular weight is 209 g/mol. The van der Waals surface area contributed by atoms with Gasteiger partial charge in [-0.3, -0.25) is 0 Å². The molecule has 0 fully saturated rings. The van der Waals surface area contributed by atoms with Gasteiger partial charge in [0.05, 0.1) is 0 Å². The highest BCUT2D eigenvalue weighted by Crippen LogP contribution is 2.21. The Labute approximate surface area is 97.9 Å². The summed E-state index contributed by atoms with van der Waals surface area (Å²) >= 11 is 0. The van der Waals surface area contributed by atoms with Crippen LogP contribution in [-0.2, 0) is 12.8 Å². The minimum Gasteiger partial charge on any atom is -0.0614 e. The van der Waals surface area contributed by atoms with Gasteiger partial charge in [0.2, 0.25) is 0 Å². The quantitative estimate of drug-likeness (QED) is 0.707. The normalized spacial score (nSPS) is 10.4. The summed E-state index contributed by atoms with van der Waals surface area (Å²) in [6.07, 6.45) is 2.16. The van der Waals surface area contributed by atoms with Gasteiger partial charge in [-0.2, -0.15) is 0 Å². The summed E-state index contributed by atoms with van der Waals surface area (Å²) in [5, 5.41) is 0. The fourth-order valence-electron chi connectivity index (χ4n) is 1.86. The van der Waals surface area contributed by atoms with Crippen molar-refractivity contribution in [2.24, 2.45) is 0 Å². The van der Waals surface area contributed by atoms with Gasteiger partial charge in [-0.05, 0) is 41.2 Å². The third-order valence-corrected chi connectivity index (χ3v) is 2.92. The fourth-order valence-corrected chi connectivity index (χ4v) is 1.86. The van der Waals surface area contributed by atoms with E-state index in [0.29, 0.717) is 0 Å².